The van der Waals surface area contributed by atoms with Crippen LogP contribution in [0.1, 0.15) is 56.0 Å². The van der Waals surface area contributed by atoms with Crippen molar-refractivity contribution >= 4 is 27.3 Å². The maximum absolute atomic E-state index is 13.6. The molecule has 2 aromatic carbocycles. The van der Waals surface area contributed by atoms with Gasteiger partial charge in [0.05, 0.1) is 22.8 Å². The number of aryl methyl sites for hydroxylation is 1. The van der Waals surface area contributed by atoms with Gasteiger partial charge in [-0.2, -0.15) is 4.31 Å². The minimum atomic E-state index is -3.69. The van der Waals surface area contributed by atoms with E-state index in [9.17, 15) is 13.2 Å². The van der Waals surface area contributed by atoms with Gasteiger partial charge in [-0.25, -0.2) is 8.42 Å². The molecule has 1 saturated heterocycles. The Morgan fingerprint density at radius 2 is 1.88 bits per heavy atom. The van der Waals surface area contributed by atoms with Crippen LogP contribution in [0.15, 0.2) is 41.3 Å². The Bertz CT molecular complexity index is 1140. The van der Waals surface area contributed by atoms with Gasteiger partial charge in [-0.3, -0.25) is 4.79 Å². The number of amides is 1. The number of carbonyl (C=O) groups is 1. The van der Waals surface area contributed by atoms with Crippen molar-refractivity contribution in [3.05, 3.63) is 47.5 Å². The first-order valence-electron chi connectivity index (χ1n) is 12.3. The minimum Gasteiger partial charge on any atom is -0.491 e. The summed E-state index contributed by atoms with van der Waals surface area (Å²) in [6.07, 6.45) is 3.95. The maximum atomic E-state index is 13.6. The number of benzene rings is 2. The van der Waals surface area contributed by atoms with E-state index in [4.69, 9.17) is 4.74 Å². The lowest BCUT2D eigenvalue weighted by molar-refractivity contribution is 0.102. The number of piperidine rings is 1. The number of ether oxygens (including phenoxy) is 1. The van der Waals surface area contributed by atoms with E-state index in [1.54, 1.807) is 12.1 Å². The molecule has 2 aliphatic heterocycles. The Balaban J connectivity index is 1.73. The predicted molar refractivity (Wildman–Crippen MR) is 135 cm³/mol. The first-order chi connectivity index (χ1) is 16.3. The van der Waals surface area contributed by atoms with Crippen LogP contribution >= 0.6 is 0 Å². The van der Waals surface area contributed by atoms with E-state index in [2.05, 4.69) is 17.1 Å². The van der Waals surface area contributed by atoms with Gasteiger partial charge in [0.2, 0.25) is 10.0 Å². The molecule has 0 saturated carbocycles. The molecule has 8 heteroatoms. The second-order valence-corrected chi connectivity index (χ2v) is 11.1. The second kappa shape index (κ2) is 10.4. The average Bonchev–Trinajstić information content (AvgIpc) is 2.85. The number of nitrogens with one attached hydrogen (secondary N) is 1. The van der Waals surface area contributed by atoms with E-state index < -0.39 is 10.0 Å². The first-order valence-corrected chi connectivity index (χ1v) is 13.7. The van der Waals surface area contributed by atoms with E-state index in [1.807, 2.05) is 32.0 Å². The summed E-state index contributed by atoms with van der Waals surface area (Å²) in [7, 11) is -3.69. The number of sulfonamides is 1. The van der Waals surface area contributed by atoms with Gasteiger partial charge in [0.15, 0.2) is 0 Å². The molecule has 0 unspecified atom stereocenters. The van der Waals surface area contributed by atoms with Gasteiger partial charge in [0.1, 0.15) is 5.75 Å². The zero-order valence-electron chi connectivity index (χ0n) is 20.3. The van der Waals surface area contributed by atoms with Gasteiger partial charge in [-0.1, -0.05) is 32.9 Å². The second-order valence-electron chi connectivity index (χ2n) is 9.14. The van der Waals surface area contributed by atoms with Gasteiger partial charge in [0.25, 0.3) is 5.91 Å². The Morgan fingerprint density at radius 3 is 2.59 bits per heavy atom. The Labute approximate surface area is 203 Å². The Kier molecular flexibility index (Phi) is 7.48. The number of nitrogens with zero attached hydrogens (tertiary/aromatic N) is 2. The third kappa shape index (κ3) is 4.93. The van der Waals surface area contributed by atoms with Crippen molar-refractivity contribution in [3.63, 3.8) is 0 Å². The summed E-state index contributed by atoms with van der Waals surface area (Å²) in [5.74, 6) is 1.03. The third-order valence-corrected chi connectivity index (χ3v) is 8.91. The Morgan fingerprint density at radius 1 is 1.15 bits per heavy atom. The zero-order valence-corrected chi connectivity index (χ0v) is 21.2. The third-order valence-electron chi connectivity index (χ3n) is 6.86. The highest BCUT2D eigenvalue weighted by Crippen LogP contribution is 2.35. The number of fused-ring (bicyclic) bond motifs is 1. The molecule has 7 nitrogen and oxygen atoms in total. The molecule has 2 aromatic rings. The number of anilines is 2. The van der Waals surface area contributed by atoms with E-state index in [0.717, 1.165) is 50.0 Å². The van der Waals surface area contributed by atoms with Crippen molar-refractivity contribution in [1.82, 2.24) is 4.31 Å². The van der Waals surface area contributed by atoms with E-state index >= 15 is 0 Å². The summed E-state index contributed by atoms with van der Waals surface area (Å²) in [5.41, 5.74) is 2.84. The molecule has 0 aromatic heterocycles. The number of para-hydroxylation sites is 1. The highest BCUT2D eigenvalue weighted by molar-refractivity contribution is 7.89. The van der Waals surface area contributed by atoms with Crippen LogP contribution in [0.4, 0.5) is 11.4 Å². The van der Waals surface area contributed by atoms with Crippen LogP contribution in [-0.4, -0.2) is 51.4 Å². The number of hydrogen-bond acceptors (Lipinski definition) is 5. The summed E-state index contributed by atoms with van der Waals surface area (Å²) in [5, 5.41) is 3.01. The van der Waals surface area contributed by atoms with Crippen molar-refractivity contribution in [2.45, 2.75) is 51.3 Å². The summed E-state index contributed by atoms with van der Waals surface area (Å²) >= 11 is 0. The van der Waals surface area contributed by atoms with Gasteiger partial charge >= 0.3 is 0 Å². The molecule has 1 N–H and O–H groups in total. The highest BCUT2D eigenvalue weighted by atomic mass is 32.2. The maximum Gasteiger partial charge on any atom is 0.257 e. The minimum absolute atomic E-state index is 0.141. The lowest BCUT2D eigenvalue weighted by Crippen LogP contribution is -2.35. The molecule has 1 fully saturated rings. The summed E-state index contributed by atoms with van der Waals surface area (Å²) in [6, 6.07) is 10.7. The molecule has 4 rings (SSSR count). The van der Waals surface area contributed by atoms with Gasteiger partial charge < -0.3 is 15.0 Å². The average molecular weight is 486 g/mol. The van der Waals surface area contributed by atoms with Crippen LogP contribution in [0, 0.1) is 5.92 Å². The number of hydrogen-bond donors (Lipinski definition) is 1. The number of carbonyl (C=O) groups excluding carboxylic acids is 1. The van der Waals surface area contributed by atoms with Crippen LogP contribution in [0.25, 0.3) is 0 Å². The molecule has 184 valence electrons. The van der Waals surface area contributed by atoms with Crippen LogP contribution in [-0.2, 0) is 16.4 Å². The van der Waals surface area contributed by atoms with Crippen LogP contribution in [0.5, 0.6) is 5.75 Å². The lowest BCUT2D eigenvalue weighted by atomic mass is 9.98. The van der Waals surface area contributed by atoms with Crippen molar-refractivity contribution < 1.29 is 17.9 Å². The highest BCUT2D eigenvalue weighted by Gasteiger charge is 2.27. The SMILES string of the molecule is CCN(CC)S(=O)(=O)c1ccc(N2CCC(C)CC2)c(C(=O)Nc2cccc3c2OCCC3)c1. The van der Waals surface area contributed by atoms with E-state index in [1.165, 1.54) is 10.4 Å². The monoisotopic (exact) mass is 485 g/mol. The largest absolute Gasteiger partial charge is 0.491 e. The topological polar surface area (TPSA) is 79.0 Å². The van der Waals surface area contributed by atoms with Crippen molar-refractivity contribution in [2.75, 3.05) is 43.0 Å². The molecule has 0 bridgehead atoms. The normalized spacial score (nSPS) is 16.8. The molecule has 2 aliphatic rings. The quantitative estimate of drug-likeness (QED) is 0.623. The van der Waals surface area contributed by atoms with Crippen molar-refractivity contribution in [2.24, 2.45) is 5.92 Å². The van der Waals surface area contributed by atoms with Crippen LogP contribution in [0.2, 0.25) is 0 Å². The molecule has 1 amide bonds. The molecular weight excluding hydrogens is 450 g/mol. The number of rotatable bonds is 7. The standard InChI is InChI=1S/C26H35N3O4S/c1-4-29(5-2)34(31,32)21-11-12-24(28-15-13-19(3)14-16-28)22(18-21)26(30)27-23-10-6-8-20-9-7-17-33-25(20)23/h6,8,10-12,18-19H,4-5,7,9,13-17H2,1-3H3,(H,27,30). The van der Waals surface area contributed by atoms with Gasteiger partial charge in [-0.15, -0.1) is 0 Å². The van der Waals surface area contributed by atoms with E-state index in [0.29, 0.717) is 42.6 Å². The molecule has 2 heterocycles. The van der Waals surface area contributed by atoms with Gasteiger partial charge in [0, 0.05) is 31.9 Å². The fourth-order valence-corrected chi connectivity index (χ4v) is 6.26. The molecule has 0 radical (unpaired) electrons. The fraction of sp³-hybridized carbons (Fsp3) is 0.500. The van der Waals surface area contributed by atoms with Crippen LogP contribution < -0.4 is 15.0 Å². The summed E-state index contributed by atoms with van der Waals surface area (Å²) in [6.45, 7) is 8.92. The van der Waals surface area contributed by atoms with Crippen molar-refractivity contribution in [1.29, 1.82) is 0 Å². The molecule has 0 aliphatic carbocycles. The van der Waals surface area contributed by atoms with Crippen LogP contribution in [0.3, 0.4) is 0 Å². The zero-order chi connectivity index (χ0) is 24.3. The molecule has 0 spiro atoms. The summed E-state index contributed by atoms with van der Waals surface area (Å²) < 4.78 is 33.7. The first kappa shape index (κ1) is 24.5. The van der Waals surface area contributed by atoms with Crippen molar-refractivity contribution in [3.8, 4) is 5.75 Å². The molecular formula is C26H35N3O4S. The summed E-state index contributed by atoms with van der Waals surface area (Å²) in [4.78, 5) is 15.9. The molecule has 0 atom stereocenters. The van der Waals surface area contributed by atoms with Gasteiger partial charge in [-0.05, 0) is 61.4 Å². The predicted octanol–water partition coefficient (Wildman–Crippen LogP) is 4.53. The fourth-order valence-electron chi connectivity index (χ4n) is 4.77. The van der Waals surface area contributed by atoms with E-state index in [-0.39, 0.29) is 10.8 Å². The lowest BCUT2D eigenvalue weighted by Gasteiger charge is -2.33. The molecule has 34 heavy (non-hydrogen) atoms. The smallest absolute Gasteiger partial charge is 0.257 e. The Hall–Kier alpha value is -2.58.